The van der Waals surface area contributed by atoms with Crippen LogP contribution in [0.1, 0.15) is 20.8 Å². The van der Waals surface area contributed by atoms with Crippen LogP contribution >= 0.6 is 11.8 Å². The van der Waals surface area contributed by atoms with Crippen LogP contribution in [0.3, 0.4) is 0 Å². The van der Waals surface area contributed by atoms with Crippen molar-refractivity contribution >= 4 is 17.7 Å². The second kappa shape index (κ2) is 4.00. The molecule has 4 nitrogen and oxygen atoms in total. The van der Waals surface area contributed by atoms with E-state index in [0.717, 1.165) is 5.16 Å². The summed E-state index contributed by atoms with van der Waals surface area (Å²) in [7, 11) is 1.88. The number of nitrogens with two attached hydrogens (primary N) is 1. The predicted octanol–water partition coefficient (Wildman–Crippen LogP) is 1.53. The summed E-state index contributed by atoms with van der Waals surface area (Å²) in [5.41, 5.74) is 5.57. The molecule has 0 aliphatic carbocycles. The van der Waals surface area contributed by atoms with Crippen molar-refractivity contribution in [2.45, 2.75) is 31.2 Å². The third kappa shape index (κ3) is 2.37. The van der Waals surface area contributed by atoms with Crippen molar-refractivity contribution < 1.29 is 0 Å². The first-order chi connectivity index (χ1) is 6.02. The van der Waals surface area contributed by atoms with Crippen LogP contribution < -0.4 is 5.73 Å². The molecule has 0 fully saturated rings. The minimum absolute atomic E-state index is 0.471. The van der Waals surface area contributed by atoms with Gasteiger partial charge in [0.2, 0.25) is 5.95 Å². The summed E-state index contributed by atoms with van der Waals surface area (Å²) in [5, 5.41) is 9.20. The lowest BCUT2D eigenvalue weighted by Crippen LogP contribution is -2.07. The molecule has 1 aromatic heterocycles. The Morgan fingerprint density at radius 3 is 2.31 bits per heavy atom. The topological polar surface area (TPSA) is 56.7 Å². The number of rotatable bonds is 3. The number of hydrogen-bond acceptors (Lipinski definition) is 4. The van der Waals surface area contributed by atoms with Gasteiger partial charge in [-0.1, -0.05) is 32.5 Å². The van der Waals surface area contributed by atoms with Gasteiger partial charge < -0.3 is 5.73 Å². The maximum atomic E-state index is 5.57. The fourth-order valence-electron chi connectivity index (χ4n) is 0.731. The van der Waals surface area contributed by atoms with E-state index in [1.54, 1.807) is 11.8 Å². The number of hydrogen-bond donors (Lipinski definition) is 1. The van der Waals surface area contributed by atoms with Crippen LogP contribution in [0.2, 0.25) is 0 Å². The first-order valence-corrected chi connectivity index (χ1v) is 5.22. The average Bonchev–Trinajstić information content (AvgIpc) is 2.36. The first kappa shape index (κ1) is 10.4. The van der Waals surface area contributed by atoms with E-state index in [2.05, 4.69) is 31.0 Å². The zero-order chi connectivity index (χ0) is 10.0. The van der Waals surface area contributed by atoms with Crippen LogP contribution in [0.5, 0.6) is 0 Å². The Labute approximate surface area is 82.9 Å². The van der Waals surface area contributed by atoms with Crippen LogP contribution in [-0.4, -0.2) is 20.0 Å². The van der Waals surface area contributed by atoms with Crippen LogP contribution in [0.25, 0.3) is 0 Å². The highest BCUT2D eigenvalue weighted by atomic mass is 32.2. The molecule has 1 rings (SSSR count). The Bertz CT molecular complexity index is 282. The van der Waals surface area contributed by atoms with Crippen molar-refractivity contribution in [1.82, 2.24) is 14.8 Å². The quantitative estimate of drug-likeness (QED) is 0.752. The van der Waals surface area contributed by atoms with Gasteiger partial charge in [-0.2, -0.15) is 0 Å². The van der Waals surface area contributed by atoms with Gasteiger partial charge in [-0.05, 0) is 5.92 Å². The molecular formula is C8H16N4S. The number of nitrogens with zero attached hydrogens (tertiary/aromatic N) is 3. The molecule has 5 heteroatoms. The Kier molecular flexibility index (Phi) is 3.19. The summed E-state index contributed by atoms with van der Waals surface area (Å²) >= 11 is 1.71. The zero-order valence-electron chi connectivity index (χ0n) is 8.48. The molecule has 0 spiro atoms. The van der Waals surface area contributed by atoms with E-state index in [-0.39, 0.29) is 0 Å². The summed E-state index contributed by atoms with van der Waals surface area (Å²) in [5.74, 6) is 1.10. The molecule has 1 unspecified atom stereocenters. The minimum Gasteiger partial charge on any atom is -0.368 e. The van der Waals surface area contributed by atoms with E-state index in [1.165, 1.54) is 0 Å². The Hall–Kier alpha value is -0.710. The van der Waals surface area contributed by atoms with Gasteiger partial charge in [0.15, 0.2) is 5.16 Å². The SMILES string of the molecule is CC(C)C(C)Sc1nnc(N)n1C. The zero-order valence-corrected chi connectivity index (χ0v) is 9.30. The summed E-state index contributed by atoms with van der Waals surface area (Å²) < 4.78 is 1.81. The molecule has 13 heavy (non-hydrogen) atoms. The first-order valence-electron chi connectivity index (χ1n) is 4.34. The van der Waals surface area contributed by atoms with E-state index in [9.17, 15) is 0 Å². The number of aromatic nitrogens is 3. The van der Waals surface area contributed by atoms with Crippen LogP contribution in [0.15, 0.2) is 5.16 Å². The molecule has 1 heterocycles. The van der Waals surface area contributed by atoms with Crippen molar-refractivity contribution in [2.24, 2.45) is 13.0 Å². The van der Waals surface area contributed by atoms with Crippen molar-refractivity contribution in [2.75, 3.05) is 5.73 Å². The van der Waals surface area contributed by atoms with Gasteiger partial charge in [-0.25, -0.2) is 0 Å². The van der Waals surface area contributed by atoms with Crippen LogP contribution in [0.4, 0.5) is 5.95 Å². The smallest absolute Gasteiger partial charge is 0.222 e. The lowest BCUT2D eigenvalue weighted by molar-refractivity contribution is 0.637. The molecule has 0 radical (unpaired) electrons. The second-order valence-electron chi connectivity index (χ2n) is 3.47. The van der Waals surface area contributed by atoms with Gasteiger partial charge in [-0.3, -0.25) is 4.57 Å². The van der Waals surface area contributed by atoms with E-state index >= 15 is 0 Å². The number of anilines is 1. The molecular weight excluding hydrogens is 184 g/mol. The van der Waals surface area contributed by atoms with Gasteiger partial charge >= 0.3 is 0 Å². The largest absolute Gasteiger partial charge is 0.368 e. The molecule has 2 N–H and O–H groups in total. The highest BCUT2D eigenvalue weighted by molar-refractivity contribution is 7.99. The Morgan fingerprint density at radius 1 is 1.31 bits per heavy atom. The van der Waals surface area contributed by atoms with Gasteiger partial charge in [0.25, 0.3) is 0 Å². The van der Waals surface area contributed by atoms with E-state index in [1.807, 2.05) is 11.6 Å². The maximum Gasteiger partial charge on any atom is 0.222 e. The highest BCUT2D eigenvalue weighted by Gasteiger charge is 2.13. The fraction of sp³-hybridized carbons (Fsp3) is 0.750. The molecule has 74 valence electrons. The van der Waals surface area contributed by atoms with Gasteiger partial charge in [0.1, 0.15) is 0 Å². The van der Waals surface area contributed by atoms with Crippen LogP contribution in [0, 0.1) is 5.92 Å². The maximum absolute atomic E-state index is 5.57. The second-order valence-corrected chi connectivity index (χ2v) is 4.81. The monoisotopic (exact) mass is 200 g/mol. The Balaban J connectivity index is 2.69. The summed E-state index contributed by atoms with van der Waals surface area (Å²) in [6.45, 7) is 6.56. The van der Waals surface area contributed by atoms with Crippen molar-refractivity contribution in [1.29, 1.82) is 0 Å². The summed E-state index contributed by atoms with van der Waals surface area (Å²) in [6.07, 6.45) is 0. The molecule has 0 amide bonds. The molecule has 0 bridgehead atoms. The van der Waals surface area contributed by atoms with E-state index in [4.69, 9.17) is 5.73 Å². The van der Waals surface area contributed by atoms with Gasteiger partial charge in [0, 0.05) is 12.3 Å². The molecule has 0 aromatic carbocycles. The van der Waals surface area contributed by atoms with Crippen LogP contribution in [-0.2, 0) is 7.05 Å². The standard InChI is InChI=1S/C8H16N4S/c1-5(2)6(3)13-8-11-10-7(9)12(8)4/h5-6H,1-4H3,(H2,9,10). The van der Waals surface area contributed by atoms with Crippen molar-refractivity contribution in [3.8, 4) is 0 Å². The lowest BCUT2D eigenvalue weighted by atomic mass is 10.2. The third-order valence-corrected chi connectivity index (χ3v) is 3.58. The normalized spacial score (nSPS) is 13.6. The van der Waals surface area contributed by atoms with E-state index < -0.39 is 0 Å². The number of nitrogen functional groups attached to an aromatic ring is 1. The molecule has 0 aliphatic rings. The molecule has 0 aliphatic heterocycles. The Morgan fingerprint density at radius 2 is 1.92 bits per heavy atom. The minimum atomic E-state index is 0.471. The van der Waals surface area contributed by atoms with Crippen molar-refractivity contribution in [3.05, 3.63) is 0 Å². The summed E-state index contributed by atoms with van der Waals surface area (Å²) in [4.78, 5) is 0. The van der Waals surface area contributed by atoms with E-state index in [0.29, 0.717) is 17.1 Å². The predicted molar refractivity (Wildman–Crippen MR) is 55.6 cm³/mol. The number of thioether (sulfide) groups is 1. The van der Waals surface area contributed by atoms with Gasteiger partial charge in [0.05, 0.1) is 0 Å². The summed E-state index contributed by atoms with van der Waals surface area (Å²) in [6, 6.07) is 0. The fourth-order valence-corrected chi connectivity index (χ4v) is 1.68. The molecule has 1 aromatic rings. The third-order valence-electron chi connectivity index (χ3n) is 2.10. The highest BCUT2D eigenvalue weighted by Crippen LogP contribution is 2.26. The van der Waals surface area contributed by atoms with Gasteiger partial charge in [-0.15, -0.1) is 10.2 Å². The molecule has 0 saturated heterocycles. The van der Waals surface area contributed by atoms with Crippen molar-refractivity contribution in [3.63, 3.8) is 0 Å². The molecule has 0 saturated carbocycles. The lowest BCUT2D eigenvalue weighted by Gasteiger charge is -2.13. The molecule has 1 atom stereocenters. The average molecular weight is 200 g/mol.